The first-order chi connectivity index (χ1) is 9.88. The first kappa shape index (κ1) is 15.6. The number of carbonyl (C=O) groups excluding carboxylic acids is 1. The highest BCUT2D eigenvalue weighted by molar-refractivity contribution is 6.42. The van der Waals surface area contributed by atoms with Crippen LogP contribution in [0.3, 0.4) is 0 Å². The molecule has 0 aliphatic rings. The van der Waals surface area contributed by atoms with Crippen molar-refractivity contribution in [3.8, 4) is 0 Å². The van der Waals surface area contributed by atoms with Gasteiger partial charge in [-0.3, -0.25) is 4.79 Å². The molecule has 0 fully saturated rings. The van der Waals surface area contributed by atoms with Crippen molar-refractivity contribution >= 4 is 34.8 Å². The molecule has 0 bridgehead atoms. The number of hydrogen-bond donors (Lipinski definition) is 2. The molecule has 0 aliphatic carbocycles. The van der Waals surface area contributed by atoms with Crippen LogP contribution in [0.4, 0.5) is 10.1 Å². The lowest BCUT2D eigenvalue weighted by Crippen LogP contribution is -2.27. The molecule has 1 amide bonds. The monoisotopic (exact) mass is 326 g/mol. The number of rotatable bonds is 3. The van der Waals surface area contributed by atoms with E-state index >= 15 is 0 Å². The van der Waals surface area contributed by atoms with Crippen LogP contribution < -0.4 is 11.1 Å². The molecule has 110 valence electrons. The third-order valence-corrected chi connectivity index (χ3v) is 3.79. The summed E-state index contributed by atoms with van der Waals surface area (Å²) in [5.41, 5.74) is 6.78. The maximum atomic E-state index is 13.2. The van der Waals surface area contributed by atoms with Gasteiger partial charge in [0.15, 0.2) is 0 Å². The van der Waals surface area contributed by atoms with Crippen molar-refractivity contribution in [2.75, 3.05) is 5.73 Å². The van der Waals surface area contributed by atoms with E-state index in [0.29, 0.717) is 10.0 Å². The minimum Gasteiger partial charge on any atom is -0.398 e. The highest BCUT2D eigenvalue weighted by Gasteiger charge is 2.15. The maximum absolute atomic E-state index is 13.2. The normalized spacial score (nSPS) is 12.0. The SMILES string of the molecule is CC(NC(=O)c1cc(F)ccc1N)c1ccc(Cl)c(Cl)c1. The van der Waals surface area contributed by atoms with E-state index in [-0.39, 0.29) is 17.3 Å². The molecule has 0 saturated carbocycles. The van der Waals surface area contributed by atoms with Crippen molar-refractivity contribution in [1.82, 2.24) is 5.32 Å². The second-order valence-electron chi connectivity index (χ2n) is 4.60. The van der Waals surface area contributed by atoms with E-state index in [9.17, 15) is 9.18 Å². The quantitative estimate of drug-likeness (QED) is 0.830. The molecule has 2 aromatic rings. The van der Waals surface area contributed by atoms with Crippen LogP contribution in [-0.2, 0) is 0 Å². The first-order valence-electron chi connectivity index (χ1n) is 6.19. The van der Waals surface area contributed by atoms with Crippen LogP contribution in [0.5, 0.6) is 0 Å². The minimum atomic E-state index is -0.517. The number of amides is 1. The van der Waals surface area contributed by atoms with Gasteiger partial charge in [0.2, 0.25) is 0 Å². The van der Waals surface area contributed by atoms with Crippen molar-refractivity contribution in [2.24, 2.45) is 0 Å². The first-order valence-corrected chi connectivity index (χ1v) is 6.95. The molecular weight excluding hydrogens is 314 g/mol. The van der Waals surface area contributed by atoms with E-state index in [1.807, 2.05) is 0 Å². The van der Waals surface area contributed by atoms with Crippen LogP contribution in [0.2, 0.25) is 10.0 Å². The molecule has 0 saturated heterocycles. The third-order valence-electron chi connectivity index (χ3n) is 3.05. The Labute approximate surface area is 131 Å². The molecule has 1 atom stereocenters. The molecule has 1 unspecified atom stereocenters. The Bertz CT molecular complexity index is 691. The second kappa shape index (κ2) is 6.33. The summed E-state index contributed by atoms with van der Waals surface area (Å²) in [6, 6.07) is 8.42. The Morgan fingerprint density at radius 2 is 1.90 bits per heavy atom. The summed E-state index contributed by atoms with van der Waals surface area (Å²) >= 11 is 11.8. The molecule has 2 aromatic carbocycles. The lowest BCUT2D eigenvalue weighted by molar-refractivity contribution is 0.0940. The number of nitrogen functional groups attached to an aromatic ring is 1. The van der Waals surface area contributed by atoms with Gasteiger partial charge in [-0.2, -0.15) is 0 Å². The molecule has 0 radical (unpaired) electrons. The zero-order valence-corrected chi connectivity index (χ0v) is 12.7. The summed E-state index contributed by atoms with van der Waals surface area (Å²) in [7, 11) is 0. The van der Waals surface area contributed by atoms with E-state index < -0.39 is 11.7 Å². The molecule has 3 N–H and O–H groups in total. The Kier molecular flexibility index (Phi) is 4.70. The van der Waals surface area contributed by atoms with Gasteiger partial charge in [-0.25, -0.2) is 4.39 Å². The smallest absolute Gasteiger partial charge is 0.253 e. The van der Waals surface area contributed by atoms with Crippen LogP contribution >= 0.6 is 23.2 Å². The van der Waals surface area contributed by atoms with Crippen LogP contribution in [0.25, 0.3) is 0 Å². The number of nitrogens with one attached hydrogen (secondary N) is 1. The van der Waals surface area contributed by atoms with Crippen molar-refractivity contribution in [2.45, 2.75) is 13.0 Å². The summed E-state index contributed by atoms with van der Waals surface area (Å²) in [5.74, 6) is -0.970. The van der Waals surface area contributed by atoms with Gasteiger partial charge in [0.1, 0.15) is 5.82 Å². The standard InChI is InChI=1S/C15H13Cl2FN2O/c1-8(9-2-4-12(16)13(17)6-9)20-15(21)11-7-10(18)3-5-14(11)19/h2-8H,19H2,1H3,(H,20,21). The maximum Gasteiger partial charge on any atom is 0.253 e. The van der Waals surface area contributed by atoms with Gasteiger partial charge in [-0.15, -0.1) is 0 Å². The number of hydrogen-bond acceptors (Lipinski definition) is 2. The van der Waals surface area contributed by atoms with Gasteiger partial charge >= 0.3 is 0 Å². The van der Waals surface area contributed by atoms with Crippen molar-refractivity contribution < 1.29 is 9.18 Å². The van der Waals surface area contributed by atoms with Gasteiger partial charge in [0.05, 0.1) is 21.7 Å². The topological polar surface area (TPSA) is 55.1 Å². The third kappa shape index (κ3) is 3.65. The Morgan fingerprint density at radius 3 is 2.57 bits per heavy atom. The predicted molar refractivity (Wildman–Crippen MR) is 83.2 cm³/mol. The van der Waals surface area contributed by atoms with Gasteiger partial charge in [0.25, 0.3) is 5.91 Å². The molecule has 0 heterocycles. The number of benzene rings is 2. The number of carbonyl (C=O) groups is 1. The molecule has 3 nitrogen and oxygen atoms in total. The van der Waals surface area contributed by atoms with E-state index in [0.717, 1.165) is 11.6 Å². The number of nitrogens with two attached hydrogens (primary N) is 1. The lowest BCUT2D eigenvalue weighted by Gasteiger charge is -2.16. The fourth-order valence-corrected chi connectivity index (χ4v) is 2.17. The highest BCUT2D eigenvalue weighted by Crippen LogP contribution is 2.26. The number of halogens is 3. The average molecular weight is 327 g/mol. The van der Waals surface area contributed by atoms with Crippen molar-refractivity contribution in [3.63, 3.8) is 0 Å². The van der Waals surface area contributed by atoms with E-state index in [4.69, 9.17) is 28.9 Å². The summed E-state index contributed by atoms with van der Waals surface area (Å²) in [6.07, 6.45) is 0. The van der Waals surface area contributed by atoms with Gasteiger partial charge in [0, 0.05) is 5.69 Å². The average Bonchev–Trinajstić information content (AvgIpc) is 2.44. The zero-order valence-electron chi connectivity index (χ0n) is 11.2. The molecular formula is C15H13Cl2FN2O. The van der Waals surface area contributed by atoms with Crippen molar-refractivity contribution in [1.29, 1.82) is 0 Å². The second-order valence-corrected chi connectivity index (χ2v) is 5.41. The van der Waals surface area contributed by atoms with Gasteiger partial charge < -0.3 is 11.1 Å². The minimum absolute atomic E-state index is 0.0990. The fraction of sp³-hybridized carbons (Fsp3) is 0.133. The summed E-state index contributed by atoms with van der Waals surface area (Å²) in [5, 5.41) is 3.58. The lowest BCUT2D eigenvalue weighted by atomic mass is 10.1. The van der Waals surface area contributed by atoms with Crippen molar-refractivity contribution in [3.05, 3.63) is 63.4 Å². The predicted octanol–water partition coefficient (Wildman–Crippen LogP) is 4.21. The summed E-state index contributed by atoms with van der Waals surface area (Å²) in [6.45, 7) is 1.78. The van der Waals surface area contributed by atoms with Gasteiger partial charge in [-0.05, 0) is 42.8 Å². The molecule has 0 aliphatic heterocycles. The molecule has 0 spiro atoms. The Morgan fingerprint density at radius 1 is 1.19 bits per heavy atom. The fourth-order valence-electron chi connectivity index (χ4n) is 1.86. The van der Waals surface area contributed by atoms with Crippen LogP contribution in [0.1, 0.15) is 28.9 Å². The number of anilines is 1. The highest BCUT2D eigenvalue weighted by atomic mass is 35.5. The van der Waals surface area contributed by atoms with E-state index in [1.165, 1.54) is 12.1 Å². The van der Waals surface area contributed by atoms with Crippen LogP contribution in [0.15, 0.2) is 36.4 Å². The zero-order chi connectivity index (χ0) is 15.6. The molecule has 6 heteroatoms. The molecule has 2 rings (SSSR count). The largest absolute Gasteiger partial charge is 0.398 e. The van der Waals surface area contributed by atoms with Crippen LogP contribution in [0, 0.1) is 5.82 Å². The van der Waals surface area contributed by atoms with Gasteiger partial charge in [-0.1, -0.05) is 29.3 Å². The van der Waals surface area contributed by atoms with E-state index in [1.54, 1.807) is 25.1 Å². The summed E-state index contributed by atoms with van der Waals surface area (Å²) < 4.78 is 13.2. The van der Waals surface area contributed by atoms with E-state index in [2.05, 4.69) is 5.32 Å². The Hall–Kier alpha value is -1.78. The summed E-state index contributed by atoms with van der Waals surface area (Å²) in [4.78, 5) is 12.1. The Balaban J connectivity index is 2.18. The molecule has 21 heavy (non-hydrogen) atoms. The van der Waals surface area contributed by atoms with Crippen LogP contribution in [-0.4, -0.2) is 5.91 Å². The molecule has 0 aromatic heterocycles.